The van der Waals surface area contributed by atoms with Crippen LogP contribution in [0.3, 0.4) is 0 Å². The molecule has 0 bridgehead atoms. The first kappa shape index (κ1) is 19.0. The number of amides is 2. The number of rotatable bonds is 5. The Labute approximate surface area is 167 Å². The number of halogens is 1. The molecular formula is C21H22FN5O2. The van der Waals surface area contributed by atoms with Crippen LogP contribution in [0.15, 0.2) is 48.7 Å². The molecular weight excluding hydrogens is 373 g/mol. The number of carbonyl (C=O) groups is 2. The second kappa shape index (κ2) is 8.38. The first-order chi connectivity index (χ1) is 14.1. The zero-order chi connectivity index (χ0) is 20.2. The third-order valence-corrected chi connectivity index (χ3v) is 5.15. The SMILES string of the molecule is O=C(CCC(=O)N1CCCC(c2nnc3ccccn23)C1)Nc1cccc(F)c1. The van der Waals surface area contributed by atoms with Crippen molar-refractivity contribution in [1.82, 2.24) is 19.5 Å². The molecule has 3 heterocycles. The fourth-order valence-electron chi connectivity index (χ4n) is 3.72. The van der Waals surface area contributed by atoms with Crippen LogP contribution in [0, 0.1) is 5.82 Å². The molecule has 1 unspecified atom stereocenters. The summed E-state index contributed by atoms with van der Waals surface area (Å²) < 4.78 is 15.2. The molecule has 1 saturated heterocycles. The van der Waals surface area contributed by atoms with Crippen LogP contribution in [0.5, 0.6) is 0 Å². The maximum Gasteiger partial charge on any atom is 0.224 e. The van der Waals surface area contributed by atoms with Crippen molar-refractivity contribution in [3.8, 4) is 0 Å². The van der Waals surface area contributed by atoms with Crippen LogP contribution in [0.25, 0.3) is 5.65 Å². The first-order valence-corrected chi connectivity index (χ1v) is 9.73. The van der Waals surface area contributed by atoms with Gasteiger partial charge in [0.25, 0.3) is 0 Å². The molecule has 150 valence electrons. The normalized spacial score (nSPS) is 16.7. The number of aromatic nitrogens is 3. The Morgan fingerprint density at radius 3 is 2.90 bits per heavy atom. The van der Waals surface area contributed by atoms with E-state index in [-0.39, 0.29) is 30.6 Å². The summed E-state index contributed by atoms with van der Waals surface area (Å²) in [4.78, 5) is 26.5. The van der Waals surface area contributed by atoms with E-state index >= 15 is 0 Å². The summed E-state index contributed by atoms with van der Waals surface area (Å²) in [5, 5.41) is 11.1. The van der Waals surface area contributed by atoms with Gasteiger partial charge in [0.1, 0.15) is 11.6 Å². The molecule has 2 amide bonds. The third kappa shape index (κ3) is 4.42. The van der Waals surface area contributed by atoms with Crippen molar-refractivity contribution in [2.75, 3.05) is 18.4 Å². The van der Waals surface area contributed by atoms with E-state index in [0.717, 1.165) is 24.3 Å². The van der Waals surface area contributed by atoms with E-state index in [1.807, 2.05) is 28.8 Å². The van der Waals surface area contributed by atoms with Gasteiger partial charge in [0.05, 0.1) is 0 Å². The minimum atomic E-state index is -0.417. The standard InChI is InChI=1S/C21H22FN5O2/c22-16-6-3-7-17(13-16)23-19(28)9-10-20(29)26-11-4-5-15(14-26)21-25-24-18-8-1-2-12-27(18)21/h1-3,6-8,12-13,15H,4-5,9-11,14H2,(H,23,28). The van der Waals surface area contributed by atoms with Crippen LogP contribution in [-0.2, 0) is 9.59 Å². The van der Waals surface area contributed by atoms with E-state index in [2.05, 4.69) is 15.5 Å². The number of likely N-dealkylation sites (tertiary alicyclic amines) is 1. The van der Waals surface area contributed by atoms with Gasteiger partial charge in [0, 0.05) is 43.7 Å². The van der Waals surface area contributed by atoms with Gasteiger partial charge in [-0.15, -0.1) is 10.2 Å². The van der Waals surface area contributed by atoms with Crippen molar-refractivity contribution in [2.24, 2.45) is 0 Å². The zero-order valence-electron chi connectivity index (χ0n) is 15.9. The van der Waals surface area contributed by atoms with Crippen LogP contribution in [0.2, 0.25) is 0 Å². The Kier molecular flexibility index (Phi) is 5.50. The van der Waals surface area contributed by atoms with Gasteiger partial charge < -0.3 is 10.2 Å². The highest BCUT2D eigenvalue weighted by atomic mass is 19.1. The van der Waals surface area contributed by atoms with Crippen molar-refractivity contribution < 1.29 is 14.0 Å². The summed E-state index contributed by atoms with van der Waals surface area (Å²) in [6.07, 6.45) is 3.94. The smallest absolute Gasteiger partial charge is 0.224 e. The molecule has 4 rings (SSSR count). The highest BCUT2D eigenvalue weighted by Gasteiger charge is 2.27. The number of hydrogen-bond donors (Lipinski definition) is 1. The molecule has 0 spiro atoms. The minimum absolute atomic E-state index is 0.0575. The summed E-state index contributed by atoms with van der Waals surface area (Å²) in [7, 11) is 0. The molecule has 1 aliphatic rings. The lowest BCUT2D eigenvalue weighted by Crippen LogP contribution is -2.39. The number of anilines is 1. The minimum Gasteiger partial charge on any atom is -0.342 e. The number of benzene rings is 1. The van der Waals surface area contributed by atoms with Gasteiger partial charge >= 0.3 is 0 Å². The van der Waals surface area contributed by atoms with E-state index < -0.39 is 5.82 Å². The average Bonchev–Trinajstić information content (AvgIpc) is 3.16. The van der Waals surface area contributed by atoms with Crippen molar-refractivity contribution in [2.45, 2.75) is 31.6 Å². The van der Waals surface area contributed by atoms with Gasteiger partial charge in [-0.05, 0) is 43.2 Å². The van der Waals surface area contributed by atoms with E-state index in [0.29, 0.717) is 18.8 Å². The monoisotopic (exact) mass is 395 g/mol. The summed E-state index contributed by atoms with van der Waals surface area (Å²) in [5.74, 6) is 0.200. The highest BCUT2D eigenvalue weighted by Crippen LogP contribution is 2.26. The zero-order valence-corrected chi connectivity index (χ0v) is 15.9. The van der Waals surface area contributed by atoms with Crippen molar-refractivity contribution in [3.63, 3.8) is 0 Å². The second-order valence-corrected chi connectivity index (χ2v) is 7.22. The Bertz CT molecular complexity index is 1030. The van der Waals surface area contributed by atoms with Crippen molar-refractivity contribution in [1.29, 1.82) is 0 Å². The maximum atomic E-state index is 13.2. The molecule has 8 heteroatoms. The van der Waals surface area contributed by atoms with Crippen LogP contribution in [-0.4, -0.2) is 44.4 Å². The quantitative estimate of drug-likeness (QED) is 0.720. The number of nitrogens with one attached hydrogen (secondary N) is 1. The number of piperidine rings is 1. The molecule has 2 aromatic heterocycles. The summed E-state index contributed by atoms with van der Waals surface area (Å²) >= 11 is 0. The fraction of sp³-hybridized carbons (Fsp3) is 0.333. The van der Waals surface area contributed by atoms with Gasteiger partial charge in [-0.2, -0.15) is 0 Å². The molecule has 29 heavy (non-hydrogen) atoms. The lowest BCUT2D eigenvalue weighted by molar-refractivity contribution is -0.134. The molecule has 1 N–H and O–H groups in total. The van der Waals surface area contributed by atoms with E-state index in [1.165, 1.54) is 18.2 Å². The van der Waals surface area contributed by atoms with Crippen LogP contribution in [0.4, 0.5) is 10.1 Å². The van der Waals surface area contributed by atoms with Crippen LogP contribution in [0.1, 0.15) is 37.4 Å². The molecule has 7 nitrogen and oxygen atoms in total. The number of carbonyl (C=O) groups excluding carboxylic acids is 2. The predicted octanol–water partition coefficient (Wildman–Crippen LogP) is 2.99. The topological polar surface area (TPSA) is 79.6 Å². The number of pyridine rings is 1. The summed E-state index contributed by atoms with van der Waals surface area (Å²) in [6.45, 7) is 1.25. The fourth-order valence-corrected chi connectivity index (χ4v) is 3.72. The molecule has 0 radical (unpaired) electrons. The highest BCUT2D eigenvalue weighted by molar-refractivity contribution is 5.93. The molecule has 1 atom stereocenters. The second-order valence-electron chi connectivity index (χ2n) is 7.22. The van der Waals surface area contributed by atoms with Gasteiger partial charge in [-0.25, -0.2) is 4.39 Å². The maximum absolute atomic E-state index is 13.2. The van der Waals surface area contributed by atoms with Gasteiger partial charge in [-0.1, -0.05) is 12.1 Å². The average molecular weight is 395 g/mol. The van der Waals surface area contributed by atoms with Gasteiger partial charge in [-0.3, -0.25) is 14.0 Å². The van der Waals surface area contributed by atoms with Crippen LogP contribution < -0.4 is 5.32 Å². The van der Waals surface area contributed by atoms with E-state index in [9.17, 15) is 14.0 Å². The Morgan fingerprint density at radius 1 is 1.14 bits per heavy atom. The summed E-state index contributed by atoms with van der Waals surface area (Å²) in [6, 6.07) is 11.4. The molecule has 1 aromatic carbocycles. The predicted molar refractivity (Wildman–Crippen MR) is 106 cm³/mol. The Hall–Kier alpha value is -3.29. The van der Waals surface area contributed by atoms with Gasteiger partial charge in [0.15, 0.2) is 5.65 Å². The number of hydrogen-bond acceptors (Lipinski definition) is 4. The molecule has 3 aromatic rings. The van der Waals surface area contributed by atoms with Crippen LogP contribution >= 0.6 is 0 Å². The molecule has 0 aliphatic carbocycles. The number of nitrogens with zero attached hydrogens (tertiary/aromatic N) is 4. The van der Waals surface area contributed by atoms with E-state index in [1.54, 1.807) is 11.0 Å². The summed E-state index contributed by atoms with van der Waals surface area (Å²) in [5.41, 5.74) is 1.18. The lowest BCUT2D eigenvalue weighted by Gasteiger charge is -2.32. The Morgan fingerprint density at radius 2 is 2.03 bits per heavy atom. The molecule has 1 aliphatic heterocycles. The van der Waals surface area contributed by atoms with Gasteiger partial charge in [0.2, 0.25) is 11.8 Å². The molecule has 0 saturated carbocycles. The van der Waals surface area contributed by atoms with Crippen molar-refractivity contribution >= 4 is 23.1 Å². The molecule has 1 fully saturated rings. The third-order valence-electron chi connectivity index (χ3n) is 5.15. The van der Waals surface area contributed by atoms with E-state index in [4.69, 9.17) is 0 Å². The lowest BCUT2D eigenvalue weighted by atomic mass is 9.96. The number of fused-ring (bicyclic) bond motifs is 1. The largest absolute Gasteiger partial charge is 0.342 e. The first-order valence-electron chi connectivity index (χ1n) is 9.73. The van der Waals surface area contributed by atoms with Crippen molar-refractivity contribution in [3.05, 3.63) is 60.3 Å². The Balaban J connectivity index is 1.33.